The van der Waals surface area contributed by atoms with Crippen LogP contribution in [0.1, 0.15) is 29.2 Å². The molecule has 1 heterocycles. The summed E-state index contributed by atoms with van der Waals surface area (Å²) in [7, 11) is 1.64. The zero-order valence-electron chi connectivity index (χ0n) is 16.5. The van der Waals surface area contributed by atoms with E-state index in [1.165, 1.54) is 0 Å². The fourth-order valence-electron chi connectivity index (χ4n) is 3.42. The molecule has 0 N–H and O–H groups in total. The van der Waals surface area contributed by atoms with Crippen LogP contribution in [-0.4, -0.2) is 23.7 Å². The first-order valence-corrected chi connectivity index (χ1v) is 10.5. The number of rotatable bonds is 5. The highest BCUT2D eigenvalue weighted by Crippen LogP contribution is 2.34. The van der Waals surface area contributed by atoms with Crippen molar-refractivity contribution in [3.63, 3.8) is 0 Å². The van der Waals surface area contributed by atoms with Gasteiger partial charge >= 0.3 is 0 Å². The van der Waals surface area contributed by atoms with Crippen molar-refractivity contribution >= 4 is 33.6 Å². The number of hydrazone groups is 1. The molecule has 3 aromatic carbocycles. The molecule has 0 aromatic heterocycles. The minimum absolute atomic E-state index is 0.146. The van der Waals surface area contributed by atoms with Gasteiger partial charge in [0, 0.05) is 17.0 Å². The maximum Gasteiger partial charge on any atom is 0.267 e. The number of hydrogen-bond acceptors (Lipinski definition) is 3. The molecule has 1 amide bonds. The summed E-state index contributed by atoms with van der Waals surface area (Å²) in [5.41, 5.74) is 3.90. The Morgan fingerprint density at radius 1 is 1.03 bits per heavy atom. The second-order valence-electron chi connectivity index (χ2n) is 6.97. The van der Waals surface area contributed by atoms with Crippen LogP contribution in [0.2, 0.25) is 0 Å². The molecule has 1 aliphatic heterocycles. The van der Waals surface area contributed by atoms with Gasteiger partial charge in [0.1, 0.15) is 5.75 Å². The lowest BCUT2D eigenvalue weighted by atomic mass is 9.98. The Morgan fingerprint density at radius 2 is 1.73 bits per heavy atom. The van der Waals surface area contributed by atoms with Crippen LogP contribution in [0.3, 0.4) is 0 Å². The fraction of sp³-hybridized carbons (Fsp3) is 0.120. The van der Waals surface area contributed by atoms with Crippen molar-refractivity contribution in [2.75, 3.05) is 7.11 Å². The van der Waals surface area contributed by atoms with Crippen LogP contribution in [0.15, 0.2) is 94.5 Å². The van der Waals surface area contributed by atoms with E-state index in [4.69, 9.17) is 9.84 Å². The molecule has 0 fully saturated rings. The molecule has 5 heteroatoms. The van der Waals surface area contributed by atoms with Crippen LogP contribution in [-0.2, 0) is 4.79 Å². The summed E-state index contributed by atoms with van der Waals surface area (Å²) in [4.78, 5) is 13.1. The Bertz CT molecular complexity index is 1070. The second kappa shape index (κ2) is 9.09. The molecule has 1 aliphatic rings. The number of amides is 1. The third-order valence-corrected chi connectivity index (χ3v) is 5.56. The van der Waals surface area contributed by atoms with E-state index in [0.717, 1.165) is 32.6 Å². The minimum Gasteiger partial charge on any atom is -0.497 e. The lowest BCUT2D eigenvalue weighted by Crippen LogP contribution is -2.25. The zero-order valence-corrected chi connectivity index (χ0v) is 18.1. The Kier molecular flexibility index (Phi) is 6.10. The highest BCUT2D eigenvalue weighted by atomic mass is 79.9. The van der Waals surface area contributed by atoms with E-state index in [-0.39, 0.29) is 11.9 Å². The van der Waals surface area contributed by atoms with Crippen molar-refractivity contribution in [1.82, 2.24) is 5.01 Å². The number of carbonyl (C=O) groups is 1. The predicted molar refractivity (Wildman–Crippen MR) is 123 cm³/mol. The van der Waals surface area contributed by atoms with Gasteiger partial charge in [-0.15, -0.1) is 0 Å². The quantitative estimate of drug-likeness (QED) is 0.448. The van der Waals surface area contributed by atoms with E-state index >= 15 is 0 Å². The Morgan fingerprint density at radius 3 is 2.40 bits per heavy atom. The molecule has 0 unspecified atom stereocenters. The van der Waals surface area contributed by atoms with E-state index in [1.54, 1.807) is 18.2 Å². The average molecular weight is 461 g/mol. The zero-order chi connectivity index (χ0) is 20.9. The van der Waals surface area contributed by atoms with Gasteiger partial charge in [0.25, 0.3) is 5.91 Å². The summed E-state index contributed by atoms with van der Waals surface area (Å²) < 4.78 is 6.28. The number of nitrogens with zero attached hydrogens (tertiary/aromatic N) is 2. The van der Waals surface area contributed by atoms with Crippen LogP contribution in [0.4, 0.5) is 0 Å². The van der Waals surface area contributed by atoms with Crippen LogP contribution in [0.25, 0.3) is 6.08 Å². The largest absolute Gasteiger partial charge is 0.497 e. The van der Waals surface area contributed by atoms with E-state index < -0.39 is 0 Å². The van der Waals surface area contributed by atoms with Crippen molar-refractivity contribution in [3.05, 3.63) is 106 Å². The molecular weight excluding hydrogens is 440 g/mol. The summed E-state index contributed by atoms with van der Waals surface area (Å²) in [6.45, 7) is 0. The summed E-state index contributed by atoms with van der Waals surface area (Å²) in [6.07, 6.45) is 4.05. The summed E-state index contributed by atoms with van der Waals surface area (Å²) in [5, 5.41) is 6.29. The molecule has 150 valence electrons. The summed E-state index contributed by atoms with van der Waals surface area (Å²) in [6, 6.07) is 25.4. The van der Waals surface area contributed by atoms with Crippen molar-refractivity contribution in [3.8, 4) is 5.75 Å². The van der Waals surface area contributed by atoms with E-state index in [0.29, 0.717) is 6.42 Å². The number of halogens is 1. The van der Waals surface area contributed by atoms with Gasteiger partial charge in [-0.3, -0.25) is 4.79 Å². The van der Waals surface area contributed by atoms with Crippen molar-refractivity contribution < 1.29 is 9.53 Å². The summed E-state index contributed by atoms with van der Waals surface area (Å²) in [5.74, 6) is 0.638. The maximum absolute atomic E-state index is 13.1. The number of benzene rings is 3. The van der Waals surface area contributed by atoms with E-state index in [2.05, 4.69) is 15.9 Å². The number of carbonyl (C=O) groups excluding carboxylic acids is 1. The molecule has 0 bridgehead atoms. The third-order valence-electron chi connectivity index (χ3n) is 5.03. The highest BCUT2D eigenvalue weighted by Gasteiger charge is 2.32. The first kappa shape index (κ1) is 20.1. The van der Waals surface area contributed by atoms with Crippen molar-refractivity contribution in [2.24, 2.45) is 5.10 Å². The molecule has 0 saturated heterocycles. The van der Waals surface area contributed by atoms with Gasteiger partial charge in [-0.25, -0.2) is 5.01 Å². The van der Waals surface area contributed by atoms with Crippen molar-refractivity contribution in [2.45, 2.75) is 12.5 Å². The van der Waals surface area contributed by atoms with Gasteiger partial charge in [0.05, 0.1) is 18.9 Å². The highest BCUT2D eigenvalue weighted by molar-refractivity contribution is 9.10. The van der Waals surface area contributed by atoms with Crippen molar-refractivity contribution in [1.29, 1.82) is 0 Å². The lowest BCUT2D eigenvalue weighted by Gasteiger charge is -2.21. The van der Waals surface area contributed by atoms with Gasteiger partial charge in [0.2, 0.25) is 0 Å². The molecule has 0 radical (unpaired) electrons. The Labute approximate surface area is 184 Å². The molecule has 3 aromatic rings. The first-order valence-electron chi connectivity index (χ1n) is 9.68. The molecule has 4 rings (SSSR count). The molecule has 0 spiro atoms. The third kappa shape index (κ3) is 4.52. The monoisotopic (exact) mass is 460 g/mol. The Balaban J connectivity index is 1.64. The summed E-state index contributed by atoms with van der Waals surface area (Å²) >= 11 is 3.47. The van der Waals surface area contributed by atoms with Crippen LogP contribution < -0.4 is 4.74 Å². The smallest absolute Gasteiger partial charge is 0.267 e. The topological polar surface area (TPSA) is 41.9 Å². The average Bonchev–Trinajstić information content (AvgIpc) is 3.24. The van der Waals surface area contributed by atoms with Gasteiger partial charge in [-0.2, -0.15) is 5.10 Å². The van der Waals surface area contributed by atoms with Gasteiger partial charge in [-0.1, -0.05) is 70.5 Å². The van der Waals surface area contributed by atoms with E-state index in [1.807, 2.05) is 84.9 Å². The van der Waals surface area contributed by atoms with Gasteiger partial charge in [-0.05, 0) is 47.0 Å². The molecule has 30 heavy (non-hydrogen) atoms. The standard InChI is InChI=1S/C25H21BrN2O2/c1-30-22-14-10-20(11-15-22)24-17-23(19-8-12-21(26)13-9-19)27-28(24)25(29)16-7-18-5-3-2-4-6-18/h2-16,24H,17H2,1H3/b16-7+/t24-/m0/s1. The minimum atomic E-state index is -0.164. The van der Waals surface area contributed by atoms with E-state index in [9.17, 15) is 4.79 Å². The number of ether oxygens (including phenoxy) is 1. The molecule has 0 saturated carbocycles. The fourth-order valence-corrected chi connectivity index (χ4v) is 3.69. The molecule has 1 atom stereocenters. The molecule has 4 nitrogen and oxygen atoms in total. The normalized spacial score (nSPS) is 16.0. The van der Waals surface area contributed by atoms with Crippen LogP contribution >= 0.6 is 15.9 Å². The second-order valence-corrected chi connectivity index (χ2v) is 7.89. The van der Waals surface area contributed by atoms with Gasteiger partial charge < -0.3 is 4.74 Å². The number of methoxy groups -OCH3 is 1. The number of hydrogen-bond donors (Lipinski definition) is 0. The Hall–Kier alpha value is -3.18. The van der Waals surface area contributed by atoms with Gasteiger partial charge in [0.15, 0.2) is 0 Å². The molecular formula is C25H21BrN2O2. The molecule has 0 aliphatic carbocycles. The predicted octanol–water partition coefficient (Wildman–Crippen LogP) is 5.85. The lowest BCUT2D eigenvalue weighted by molar-refractivity contribution is -0.127. The van der Waals surface area contributed by atoms with Crippen LogP contribution in [0.5, 0.6) is 5.75 Å². The van der Waals surface area contributed by atoms with Crippen LogP contribution in [0, 0.1) is 0 Å². The maximum atomic E-state index is 13.1. The first-order chi connectivity index (χ1) is 14.6. The SMILES string of the molecule is COc1ccc([C@@H]2CC(c3ccc(Br)cc3)=NN2C(=O)/C=C/c2ccccc2)cc1.